The van der Waals surface area contributed by atoms with Gasteiger partial charge in [-0.25, -0.2) is 4.98 Å². The van der Waals surface area contributed by atoms with Gasteiger partial charge in [0.25, 0.3) is 5.91 Å². The minimum absolute atomic E-state index is 0.0279. The van der Waals surface area contributed by atoms with Crippen LogP contribution in [-0.4, -0.2) is 104 Å². The Bertz CT molecular complexity index is 3040. The van der Waals surface area contributed by atoms with E-state index in [0.717, 1.165) is 89.7 Å². The lowest BCUT2D eigenvalue weighted by Gasteiger charge is -2.35. The minimum Gasteiger partial charge on any atom is -0.484 e. The van der Waals surface area contributed by atoms with E-state index in [9.17, 15) is 24.3 Å². The number of aliphatic hydroxyl groups is 1. The predicted molar refractivity (Wildman–Crippen MR) is 274 cm³/mol. The molecule has 71 heavy (non-hydrogen) atoms. The van der Waals surface area contributed by atoms with Crippen LogP contribution in [0.1, 0.15) is 103 Å². The number of benzene rings is 3. The smallest absolute Gasteiger partial charge is 0.308 e. The van der Waals surface area contributed by atoms with E-state index in [2.05, 4.69) is 68.8 Å². The molecule has 0 radical (unpaired) electrons. The number of anilines is 2. The maximum absolute atomic E-state index is 14.3. The van der Waals surface area contributed by atoms with Gasteiger partial charge < -0.3 is 35.0 Å². The normalized spacial score (nSPS) is 18.2. The molecule has 1 saturated heterocycles. The Labute approximate surface area is 421 Å². The van der Waals surface area contributed by atoms with Crippen LogP contribution >= 0.6 is 22.7 Å². The molecule has 0 aliphatic carbocycles. The van der Waals surface area contributed by atoms with Crippen LogP contribution in [0.25, 0.3) is 15.4 Å². The first kappa shape index (κ1) is 49.2. The van der Waals surface area contributed by atoms with E-state index in [0.29, 0.717) is 11.6 Å². The van der Waals surface area contributed by atoms with Crippen molar-refractivity contribution in [2.45, 2.75) is 105 Å². The lowest BCUT2D eigenvalue weighted by Crippen LogP contribution is -2.58. The molecule has 3 aromatic carbocycles. The fourth-order valence-corrected chi connectivity index (χ4v) is 11.7. The van der Waals surface area contributed by atoms with Crippen LogP contribution in [-0.2, 0) is 30.3 Å². The van der Waals surface area contributed by atoms with E-state index >= 15 is 0 Å². The van der Waals surface area contributed by atoms with Gasteiger partial charge in [-0.2, -0.15) is 0 Å². The average Bonchev–Trinajstić information content (AvgIpc) is 4.19. The summed E-state index contributed by atoms with van der Waals surface area (Å²) in [6.45, 7) is 15.9. The fourth-order valence-electron chi connectivity index (χ4n) is 9.67. The van der Waals surface area contributed by atoms with Gasteiger partial charge in [-0.1, -0.05) is 57.2 Å². The Hall–Kier alpha value is -6.76. The highest BCUT2D eigenvalue weighted by molar-refractivity contribution is 7.15. The summed E-state index contributed by atoms with van der Waals surface area (Å²) in [5.41, 5.74) is 10.9. The van der Waals surface area contributed by atoms with Gasteiger partial charge in [0, 0.05) is 46.9 Å². The molecular formula is C53H59N9O7S2. The highest BCUT2D eigenvalue weighted by atomic mass is 32.1. The number of esters is 1. The topological polar surface area (TPSA) is 193 Å². The van der Waals surface area contributed by atoms with Gasteiger partial charge in [0.05, 0.1) is 47.5 Å². The van der Waals surface area contributed by atoms with Gasteiger partial charge in [-0.15, -0.1) is 32.9 Å². The number of rotatable bonds is 13. The van der Waals surface area contributed by atoms with Crippen LogP contribution in [0.15, 0.2) is 77.2 Å². The third kappa shape index (κ3) is 9.84. The molecule has 3 aliphatic rings. The zero-order valence-electron chi connectivity index (χ0n) is 41.4. The molecule has 3 aromatic heterocycles. The Kier molecular flexibility index (Phi) is 13.7. The van der Waals surface area contributed by atoms with E-state index in [1.54, 1.807) is 22.7 Å². The number of aliphatic hydroxyl groups excluding tert-OH is 1. The fraction of sp³-hybridized carbons (Fsp3) is 0.396. The minimum atomic E-state index is -0.999. The SMILES string of the molecule is COC(=O)C[C@@H]1N=C(c2ccc(N3CCc4cc(OCC(=O)N[C@H](C(=O)N5C[C@H](O)C[C@H]5C(=O)N[C@@H](C)c5ccc(-c6scnc6C)cc5)C(C)(C)C)ccc43)cc2)c2c(sc(C)c2C)-n2c(C)nnc21. The maximum atomic E-state index is 14.3. The van der Waals surface area contributed by atoms with Gasteiger partial charge in [0.1, 0.15) is 34.7 Å². The molecule has 0 unspecified atom stereocenters. The standard InChI is InChI=1S/C53H59N9O7S2/c1-28-31(4)71-52-45(28)46(56-40(24-44(65)68-9)49-59-58-32(5)62(49)52)34-14-16-37(17-15-34)60-21-20-36-22-39(18-19-41(36)60)69-26-43(64)57-48(53(6,7)8)51(67)61-25-38(63)23-42(61)50(66)55-29(2)33-10-12-35(13-11-33)47-30(3)54-27-70-47/h10-19,22,27,29,38,40,42,48,63H,20-21,23-26H2,1-9H3,(H,55,66)(H,57,64)/t29-,38+,40-,42-,48+/m0/s1. The van der Waals surface area contributed by atoms with Gasteiger partial charge >= 0.3 is 5.97 Å². The molecule has 0 saturated carbocycles. The molecule has 6 aromatic rings. The number of thiazole rings is 1. The van der Waals surface area contributed by atoms with Crippen molar-refractivity contribution < 1.29 is 33.8 Å². The summed E-state index contributed by atoms with van der Waals surface area (Å²) in [4.78, 5) is 69.7. The number of amides is 3. The number of hydrogen-bond acceptors (Lipinski definition) is 14. The van der Waals surface area contributed by atoms with E-state index in [1.165, 1.54) is 12.0 Å². The second kappa shape index (κ2) is 19.8. The van der Waals surface area contributed by atoms with E-state index in [1.807, 2.05) is 94.1 Å². The molecule has 18 heteroatoms. The predicted octanol–water partition coefficient (Wildman–Crippen LogP) is 7.58. The molecule has 1 fully saturated rings. The lowest BCUT2D eigenvalue weighted by atomic mass is 9.85. The number of carbonyl (C=O) groups is 4. The van der Waals surface area contributed by atoms with Crippen molar-refractivity contribution in [1.82, 2.24) is 35.3 Å². The largest absolute Gasteiger partial charge is 0.484 e. The summed E-state index contributed by atoms with van der Waals surface area (Å²) in [7, 11) is 1.37. The molecule has 3 amide bonds. The Morgan fingerprint density at radius 2 is 1.68 bits per heavy atom. The van der Waals surface area contributed by atoms with E-state index < -0.39 is 41.5 Å². The number of likely N-dealkylation sites (tertiary alicyclic amines) is 1. The van der Waals surface area contributed by atoms with E-state index in [4.69, 9.17) is 14.5 Å². The number of aryl methyl sites for hydroxylation is 3. The molecule has 370 valence electrons. The summed E-state index contributed by atoms with van der Waals surface area (Å²) >= 11 is 3.23. The van der Waals surface area contributed by atoms with Gasteiger partial charge in [-0.05, 0) is 99.0 Å². The Morgan fingerprint density at radius 3 is 2.37 bits per heavy atom. The first-order chi connectivity index (χ1) is 33.9. The number of aromatic nitrogens is 4. The van der Waals surface area contributed by atoms with Crippen LogP contribution in [0, 0.1) is 33.1 Å². The van der Waals surface area contributed by atoms with Crippen molar-refractivity contribution in [1.29, 1.82) is 0 Å². The van der Waals surface area contributed by atoms with Crippen LogP contribution in [0.5, 0.6) is 5.75 Å². The van der Waals surface area contributed by atoms with E-state index in [-0.39, 0.29) is 43.9 Å². The number of aliphatic imine (C=N–C) groups is 1. The second-order valence-electron chi connectivity index (χ2n) is 19.6. The van der Waals surface area contributed by atoms with Crippen LogP contribution in [0.3, 0.4) is 0 Å². The number of carbonyl (C=O) groups excluding carboxylic acids is 4. The van der Waals surface area contributed by atoms with Gasteiger partial charge in [0.15, 0.2) is 12.4 Å². The number of ether oxygens (including phenoxy) is 2. The molecule has 0 spiro atoms. The summed E-state index contributed by atoms with van der Waals surface area (Å²) < 4.78 is 13.1. The number of nitrogens with zero attached hydrogens (tertiary/aromatic N) is 7. The molecule has 0 bridgehead atoms. The van der Waals surface area contributed by atoms with Crippen molar-refractivity contribution in [3.63, 3.8) is 0 Å². The number of fused-ring (bicyclic) bond motifs is 4. The Morgan fingerprint density at radius 1 is 0.944 bits per heavy atom. The molecular weight excluding hydrogens is 939 g/mol. The van der Waals surface area contributed by atoms with Crippen LogP contribution in [0.2, 0.25) is 0 Å². The number of methoxy groups -OCH3 is 1. The molecule has 3 N–H and O–H groups in total. The molecule has 5 atom stereocenters. The average molecular weight is 998 g/mol. The highest BCUT2D eigenvalue weighted by Crippen LogP contribution is 2.41. The number of β-amino-alcohol motifs (C(OH)–C–C–N with tert-alkyl or cyclic N) is 1. The number of hydrogen-bond donors (Lipinski definition) is 3. The molecule has 6 heterocycles. The maximum Gasteiger partial charge on any atom is 0.308 e. The van der Waals surface area contributed by atoms with Gasteiger partial charge in [-0.3, -0.25) is 28.7 Å². The molecule has 3 aliphatic heterocycles. The third-order valence-corrected chi connectivity index (χ3v) is 15.8. The molecule has 16 nitrogen and oxygen atoms in total. The third-order valence-electron chi connectivity index (χ3n) is 13.7. The van der Waals surface area contributed by atoms with Crippen LogP contribution < -0.4 is 20.3 Å². The summed E-state index contributed by atoms with van der Waals surface area (Å²) in [5.74, 6) is 0.155. The molecule has 9 rings (SSSR count). The van der Waals surface area contributed by atoms with Crippen molar-refractivity contribution in [3.8, 4) is 21.2 Å². The first-order valence-corrected chi connectivity index (χ1v) is 25.5. The summed E-state index contributed by atoms with van der Waals surface area (Å²) in [6.07, 6.45) is -0.0245. The second-order valence-corrected chi connectivity index (χ2v) is 21.6. The van der Waals surface area contributed by atoms with Crippen molar-refractivity contribution in [3.05, 3.63) is 122 Å². The van der Waals surface area contributed by atoms with Crippen LogP contribution in [0.4, 0.5) is 11.4 Å². The van der Waals surface area contributed by atoms with Gasteiger partial charge in [0.2, 0.25) is 11.8 Å². The number of thiophene rings is 1. The number of nitrogens with one attached hydrogen (secondary N) is 2. The Balaban J connectivity index is 0.843. The quantitative estimate of drug-likeness (QED) is 0.0966. The highest BCUT2D eigenvalue weighted by Gasteiger charge is 2.45. The zero-order valence-corrected chi connectivity index (χ0v) is 43.0. The van der Waals surface area contributed by atoms with Crippen molar-refractivity contribution in [2.75, 3.05) is 31.7 Å². The summed E-state index contributed by atoms with van der Waals surface area (Å²) in [6, 6.07) is 19.1. The van der Waals surface area contributed by atoms with Crippen molar-refractivity contribution in [2.24, 2.45) is 10.4 Å². The lowest BCUT2D eigenvalue weighted by molar-refractivity contribution is -0.144. The van der Waals surface area contributed by atoms with Crippen molar-refractivity contribution >= 4 is 63.5 Å². The first-order valence-electron chi connectivity index (χ1n) is 23.8. The monoisotopic (exact) mass is 997 g/mol. The zero-order chi connectivity index (χ0) is 50.5. The summed E-state index contributed by atoms with van der Waals surface area (Å²) in [5, 5.41) is 26.5.